The number of fused-ring (bicyclic) bond motifs is 1. The number of nitro benzene ring substituents is 1. The molecular weight excluding hydrogens is 317 g/mol. The van der Waals surface area contributed by atoms with E-state index in [1.54, 1.807) is 24.3 Å². The first kappa shape index (κ1) is 13.7. The van der Waals surface area contributed by atoms with Gasteiger partial charge in [0.2, 0.25) is 0 Å². The van der Waals surface area contributed by atoms with Crippen LogP contribution in [0.15, 0.2) is 40.8 Å². The molecule has 0 aliphatic rings. The summed E-state index contributed by atoms with van der Waals surface area (Å²) in [7, 11) is 0. The van der Waals surface area contributed by atoms with Crippen molar-refractivity contribution in [2.75, 3.05) is 5.32 Å². The van der Waals surface area contributed by atoms with E-state index in [0.29, 0.717) is 26.8 Å². The number of anilines is 2. The first-order chi connectivity index (χ1) is 10.0. The SMILES string of the molecule is O=[N+]([O-])c1ccc(Nc2nc3cc(Cl)cc(Cl)c3o2)cc1. The van der Waals surface area contributed by atoms with Gasteiger partial charge in [-0.05, 0) is 24.3 Å². The largest absolute Gasteiger partial charge is 0.422 e. The van der Waals surface area contributed by atoms with Gasteiger partial charge in [-0.25, -0.2) is 0 Å². The molecular formula is C13H7Cl2N3O3. The maximum atomic E-state index is 10.6. The Morgan fingerprint density at radius 1 is 1.19 bits per heavy atom. The van der Waals surface area contributed by atoms with Crippen LogP contribution in [-0.2, 0) is 0 Å². The summed E-state index contributed by atoms with van der Waals surface area (Å²) in [5.41, 5.74) is 1.56. The molecule has 0 amide bonds. The van der Waals surface area contributed by atoms with Crippen LogP contribution in [0.4, 0.5) is 17.4 Å². The third-order valence-electron chi connectivity index (χ3n) is 2.74. The molecule has 21 heavy (non-hydrogen) atoms. The standard InChI is InChI=1S/C13H7Cl2N3O3/c14-7-5-10(15)12-11(6-7)17-13(21-12)16-8-1-3-9(4-2-8)18(19)20/h1-6H,(H,16,17). The Hall–Kier alpha value is -2.31. The van der Waals surface area contributed by atoms with Gasteiger partial charge in [0.25, 0.3) is 11.7 Å². The lowest BCUT2D eigenvalue weighted by molar-refractivity contribution is -0.384. The molecule has 106 valence electrons. The molecule has 1 N–H and O–H groups in total. The lowest BCUT2D eigenvalue weighted by atomic mass is 10.3. The molecule has 8 heteroatoms. The van der Waals surface area contributed by atoms with Crippen molar-refractivity contribution in [2.24, 2.45) is 0 Å². The van der Waals surface area contributed by atoms with Gasteiger partial charge in [-0.15, -0.1) is 0 Å². The maximum Gasteiger partial charge on any atom is 0.300 e. The predicted octanol–water partition coefficient (Wildman–Crippen LogP) is 4.79. The summed E-state index contributed by atoms with van der Waals surface area (Å²) in [4.78, 5) is 14.3. The zero-order valence-electron chi connectivity index (χ0n) is 10.3. The number of non-ortho nitro benzene ring substituents is 1. The Kier molecular flexibility index (Phi) is 3.40. The van der Waals surface area contributed by atoms with Crippen LogP contribution in [0.3, 0.4) is 0 Å². The van der Waals surface area contributed by atoms with E-state index in [9.17, 15) is 10.1 Å². The minimum atomic E-state index is -0.467. The Morgan fingerprint density at radius 3 is 2.57 bits per heavy atom. The number of oxazole rings is 1. The summed E-state index contributed by atoms with van der Waals surface area (Å²) >= 11 is 11.9. The highest BCUT2D eigenvalue weighted by molar-refractivity contribution is 6.38. The fraction of sp³-hybridized carbons (Fsp3) is 0. The van der Waals surface area contributed by atoms with Crippen LogP contribution < -0.4 is 5.32 Å². The molecule has 2 aromatic carbocycles. The first-order valence-electron chi connectivity index (χ1n) is 5.80. The van der Waals surface area contributed by atoms with Gasteiger partial charge >= 0.3 is 0 Å². The zero-order chi connectivity index (χ0) is 15.0. The number of nitro groups is 1. The molecule has 0 aliphatic carbocycles. The van der Waals surface area contributed by atoms with E-state index in [1.807, 2.05) is 0 Å². The summed E-state index contributed by atoms with van der Waals surface area (Å²) in [6.45, 7) is 0. The van der Waals surface area contributed by atoms with Crippen molar-refractivity contribution < 1.29 is 9.34 Å². The van der Waals surface area contributed by atoms with Gasteiger partial charge in [0.05, 0.1) is 9.95 Å². The summed E-state index contributed by atoms with van der Waals surface area (Å²) < 4.78 is 5.49. The Bertz CT molecular complexity index is 831. The van der Waals surface area contributed by atoms with Gasteiger partial charge < -0.3 is 9.73 Å². The van der Waals surface area contributed by atoms with Gasteiger partial charge in [0.1, 0.15) is 5.52 Å². The summed E-state index contributed by atoms with van der Waals surface area (Å²) in [6, 6.07) is 9.30. The number of hydrogen-bond acceptors (Lipinski definition) is 5. The summed E-state index contributed by atoms with van der Waals surface area (Å²) in [5.74, 6) is 0. The van der Waals surface area contributed by atoms with E-state index in [2.05, 4.69) is 10.3 Å². The number of halogens is 2. The van der Waals surface area contributed by atoms with Crippen LogP contribution in [0.1, 0.15) is 0 Å². The molecule has 0 bridgehead atoms. The number of aromatic nitrogens is 1. The first-order valence-corrected chi connectivity index (χ1v) is 6.55. The summed E-state index contributed by atoms with van der Waals surface area (Å²) in [6.07, 6.45) is 0. The van der Waals surface area contributed by atoms with Crippen molar-refractivity contribution in [3.8, 4) is 0 Å². The lowest BCUT2D eigenvalue weighted by Crippen LogP contribution is -1.91. The van der Waals surface area contributed by atoms with Gasteiger partial charge in [0.15, 0.2) is 5.58 Å². The van der Waals surface area contributed by atoms with Crippen molar-refractivity contribution in [2.45, 2.75) is 0 Å². The van der Waals surface area contributed by atoms with Crippen LogP contribution in [0.5, 0.6) is 0 Å². The molecule has 3 rings (SSSR count). The van der Waals surface area contributed by atoms with Crippen molar-refractivity contribution in [1.82, 2.24) is 4.98 Å². The number of nitrogens with zero attached hydrogens (tertiary/aromatic N) is 2. The molecule has 1 aromatic heterocycles. The highest BCUT2D eigenvalue weighted by Crippen LogP contribution is 2.31. The topological polar surface area (TPSA) is 81.2 Å². The fourth-order valence-electron chi connectivity index (χ4n) is 1.80. The van der Waals surface area contributed by atoms with E-state index in [1.165, 1.54) is 12.1 Å². The van der Waals surface area contributed by atoms with Gasteiger partial charge in [-0.2, -0.15) is 4.98 Å². The minimum Gasteiger partial charge on any atom is -0.422 e. The lowest BCUT2D eigenvalue weighted by Gasteiger charge is -2.00. The molecule has 0 unspecified atom stereocenters. The van der Waals surface area contributed by atoms with Crippen LogP contribution in [-0.4, -0.2) is 9.91 Å². The Morgan fingerprint density at radius 2 is 1.90 bits per heavy atom. The molecule has 0 radical (unpaired) electrons. The predicted molar refractivity (Wildman–Crippen MR) is 80.4 cm³/mol. The zero-order valence-corrected chi connectivity index (χ0v) is 11.9. The Balaban J connectivity index is 1.91. The smallest absolute Gasteiger partial charge is 0.300 e. The highest BCUT2D eigenvalue weighted by Gasteiger charge is 2.11. The third-order valence-corrected chi connectivity index (χ3v) is 3.24. The van der Waals surface area contributed by atoms with E-state index >= 15 is 0 Å². The fourth-order valence-corrected chi connectivity index (χ4v) is 2.32. The van der Waals surface area contributed by atoms with Crippen molar-refractivity contribution in [3.63, 3.8) is 0 Å². The molecule has 0 aliphatic heterocycles. The van der Waals surface area contributed by atoms with Crippen LogP contribution in [0.25, 0.3) is 11.1 Å². The number of hydrogen-bond donors (Lipinski definition) is 1. The molecule has 6 nitrogen and oxygen atoms in total. The number of nitrogens with one attached hydrogen (secondary N) is 1. The summed E-state index contributed by atoms with van der Waals surface area (Å²) in [5, 5.41) is 14.3. The number of rotatable bonds is 3. The van der Waals surface area contributed by atoms with Crippen LogP contribution in [0, 0.1) is 10.1 Å². The molecule has 0 spiro atoms. The second-order valence-electron chi connectivity index (χ2n) is 4.18. The van der Waals surface area contributed by atoms with E-state index in [-0.39, 0.29) is 11.7 Å². The van der Waals surface area contributed by atoms with Gasteiger partial charge in [-0.3, -0.25) is 10.1 Å². The Labute approximate surface area is 128 Å². The highest BCUT2D eigenvalue weighted by atomic mass is 35.5. The van der Waals surface area contributed by atoms with Gasteiger partial charge in [-0.1, -0.05) is 23.2 Å². The van der Waals surface area contributed by atoms with Crippen molar-refractivity contribution >= 4 is 51.7 Å². The van der Waals surface area contributed by atoms with Crippen LogP contribution in [0.2, 0.25) is 10.0 Å². The molecule has 0 saturated carbocycles. The second kappa shape index (κ2) is 5.23. The minimum absolute atomic E-state index is 0.00735. The normalized spacial score (nSPS) is 10.8. The van der Waals surface area contributed by atoms with E-state index < -0.39 is 4.92 Å². The van der Waals surface area contributed by atoms with Crippen molar-refractivity contribution in [3.05, 3.63) is 56.6 Å². The van der Waals surface area contributed by atoms with E-state index in [4.69, 9.17) is 27.6 Å². The second-order valence-corrected chi connectivity index (χ2v) is 5.03. The number of benzene rings is 2. The molecule has 1 heterocycles. The third kappa shape index (κ3) is 2.76. The average molecular weight is 324 g/mol. The average Bonchev–Trinajstić information content (AvgIpc) is 2.82. The van der Waals surface area contributed by atoms with E-state index in [0.717, 1.165) is 0 Å². The van der Waals surface area contributed by atoms with Crippen LogP contribution >= 0.6 is 23.2 Å². The van der Waals surface area contributed by atoms with Crippen molar-refractivity contribution in [1.29, 1.82) is 0 Å². The monoisotopic (exact) mass is 323 g/mol. The van der Waals surface area contributed by atoms with Gasteiger partial charge in [0, 0.05) is 22.8 Å². The maximum absolute atomic E-state index is 10.6. The quantitative estimate of drug-likeness (QED) is 0.553. The molecule has 0 atom stereocenters. The molecule has 3 aromatic rings. The molecule has 0 fully saturated rings. The molecule has 0 saturated heterocycles.